The third-order valence-corrected chi connectivity index (χ3v) is 4.92. The number of benzene rings is 2. The van der Waals surface area contributed by atoms with Gasteiger partial charge in [-0.15, -0.1) is 11.3 Å². The van der Waals surface area contributed by atoms with Crippen LogP contribution in [0.25, 0.3) is 15.7 Å². The lowest BCUT2D eigenvalue weighted by Gasteiger charge is -2.16. The number of nitrogens with one attached hydrogen (secondary N) is 1. The maximum absolute atomic E-state index is 12.4. The molecule has 0 aliphatic carbocycles. The van der Waals surface area contributed by atoms with Crippen molar-refractivity contribution < 1.29 is 4.79 Å². The number of imidazole rings is 1. The Hall–Kier alpha value is -2.66. The summed E-state index contributed by atoms with van der Waals surface area (Å²) in [5, 5.41) is 7.43. The third kappa shape index (κ3) is 2.78. The molecule has 2 aromatic heterocycles. The second-order valence-corrected chi connectivity index (χ2v) is 6.73. The summed E-state index contributed by atoms with van der Waals surface area (Å²) in [6.07, 6.45) is 4.16. The SMILES string of the molecule is CC(NC(=O)Cc1cn2ccsc2n1)c1cccc2ccccc12. The Labute approximate surface area is 143 Å². The van der Waals surface area contributed by atoms with E-state index in [4.69, 9.17) is 0 Å². The molecule has 1 N–H and O–H groups in total. The molecule has 4 aromatic rings. The Morgan fingerprint density at radius 3 is 2.96 bits per heavy atom. The van der Waals surface area contributed by atoms with Gasteiger partial charge in [0.15, 0.2) is 4.96 Å². The topological polar surface area (TPSA) is 46.4 Å². The van der Waals surface area contributed by atoms with Crippen molar-refractivity contribution in [2.24, 2.45) is 0 Å². The number of carbonyl (C=O) groups is 1. The zero-order chi connectivity index (χ0) is 16.5. The van der Waals surface area contributed by atoms with Gasteiger partial charge in [0, 0.05) is 17.8 Å². The summed E-state index contributed by atoms with van der Waals surface area (Å²) >= 11 is 1.57. The van der Waals surface area contributed by atoms with Gasteiger partial charge >= 0.3 is 0 Å². The predicted octanol–water partition coefficient (Wildman–Crippen LogP) is 3.97. The van der Waals surface area contributed by atoms with Crippen LogP contribution >= 0.6 is 11.3 Å². The van der Waals surface area contributed by atoms with Crippen molar-refractivity contribution in [1.82, 2.24) is 14.7 Å². The quantitative estimate of drug-likeness (QED) is 0.613. The molecule has 120 valence electrons. The van der Waals surface area contributed by atoms with Crippen molar-refractivity contribution in [3.05, 3.63) is 71.5 Å². The molecule has 0 bridgehead atoms. The molecule has 4 nitrogen and oxygen atoms in total. The van der Waals surface area contributed by atoms with E-state index in [1.807, 2.05) is 47.3 Å². The molecule has 2 heterocycles. The molecule has 0 saturated heterocycles. The van der Waals surface area contributed by atoms with Crippen LogP contribution < -0.4 is 5.32 Å². The highest BCUT2D eigenvalue weighted by Gasteiger charge is 2.14. The molecule has 0 aliphatic heterocycles. The Morgan fingerprint density at radius 2 is 2.08 bits per heavy atom. The largest absolute Gasteiger partial charge is 0.349 e. The van der Waals surface area contributed by atoms with E-state index >= 15 is 0 Å². The molecule has 0 spiro atoms. The summed E-state index contributed by atoms with van der Waals surface area (Å²) in [6, 6.07) is 14.4. The van der Waals surface area contributed by atoms with Crippen LogP contribution in [0, 0.1) is 0 Å². The third-order valence-electron chi connectivity index (χ3n) is 4.15. The average molecular weight is 335 g/mol. The maximum Gasteiger partial charge on any atom is 0.226 e. The second kappa shape index (κ2) is 6.09. The summed E-state index contributed by atoms with van der Waals surface area (Å²) in [5.74, 6) is -0.0128. The zero-order valence-electron chi connectivity index (χ0n) is 13.3. The minimum Gasteiger partial charge on any atom is -0.349 e. The summed E-state index contributed by atoms with van der Waals surface area (Å²) in [4.78, 5) is 17.8. The molecule has 5 heteroatoms. The van der Waals surface area contributed by atoms with Crippen molar-refractivity contribution in [3.63, 3.8) is 0 Å². The minimum absolute atomic E-state index is 0.0128. The van der Waals surface area contributed by atoms with E-state index in [1.165, 1.54) is 10.8 Å². The van der Waals surface area contributed by atoms with Crippen LogP contribution in [-0.2, 0) is 11.2 Å². The molecule has 1 amide bonds. The molecule has 1 atom stereocenters. The first-order chi connectivity index (χ1) is 11.7. The number of hydrogen-bond acceptors (Lipinski definition) is 3. The number of carbonyl (C=O) groups excluding carboxylic acids is 1. The summed E-state index contributed by atoms with van der Waals surface area (Å²) in [5.41, 5.74) is 1.93. The Kier molecular flexibility index (Phi) is 3.78. The zero-order valence-corrected chi connectivity index (χ0v) is 14.1. The van der Waals surface area contributed by atoms with Crippen molar-refractivity contribution in [3.8, 4) is 0 Å². The van der Waals surface area contributed by atoms with Gasteiger partial charge < -0.3 is 5.32 Å². The van der Waals surface area contributed by atoms with E-state index in [0.717, 1.165) is 16.2 Å². The van der Waals surface area contributed by atoms with Crippen LogP contribution in [0.3, 0.4) is 0 Å². The fourth-order valence-electron chi connectivity index (χ4n) is 3.02. The van der Waals surface area contributed by atoms with Gasteiger partial charge in [-0.05, 0) is 23.3 Å². The second-order valence-electron chi connectivity index (χ2n) is 5.86. The fraction of sp³-hybridized carbons (Fsp3) is 0.158. The molecule has 0 radical (unpaired) electrons. The number of aromatic nitrogens is 2. The average Bonchev–Trinajstić information content (AvgIpc) is 3.15. The molecule has 2 aromatic carbocycles. The van der Waals surface area contributed by atoms with Gasteiger partial charge in [-0.1, -0.05) is 42.5 Å². The number of nitrogens with zero attached hydrogens (tertiary/aromatic N) is 2. The van der Waals surface area contributed by atoms with Crippen LogP contribution in [0.2, 0.25) is 0 Å². The number of hydrogen-bond donors (Lipinski definition) is 1. The van der Waals surface area contributed by atoms with Gasteiger partial charge in [-0.3, -0.25) is 9.20 Å². The Morgan fingerprint density at radius 1 is 1.25 bits per heavy atom. The first-order valence-electron chi connectivity index (χ1n) is 7.89. The van der Waals surface area contributed by atoms with Crippen molar-refractivity contribution in [2.75, 3.05) is 0 Å². The van der Waals surface area contributed by atoms with E-state index in [2.05, 4.69) is 34.6 Å². The summed E-state index contributed by atoms with van der Waals surface area (Å²) < 4.78 is 1.95. The minimum atomic E-state index is -0.0488. The Balaban J connectivity index is 1.51. The van der Waals surface area contributed by atoms with Gasteiger partial charge in [-0.2, -0.15) is 0 Å². The van der Waals surface area contributed by atoms with Crippen LogP contribution in [0.1, 0.15) is 24.2 Å². The van der Waals surface area contributed by atoms with Gasteiger partial charge in [0.05, 0.1) is 18.2 Å². The van der Waals surface area contributed by atoms with E-state index in [9.17, 15) is 4.79 Å². The lowest BCUT2D eigenvalue weighted by atomic mass is 9.99. The maximum atomic E-state index is 12.4. The lowest BCUT2D eigenvalue weighted by molar-refractivity contribution is -0.121. The monoisotopic (exact) mass is 335 g/mol. The first kappa shape index (κ1) is 14.9. The van der Waals surface area contributed by atoms with E-state index in [0.29, 0.717) is 6.42 Å². The highest BCUT2D eigenvalue weighted by Crippen LogP contribution is 2.24. The van der Waals surface area contributed by atoms with Gasteiger partial charge in [0.2, 0.25) is 5.91 Å². The molecular weight excluding hydrogens is 318 g/mol. The smallest absolute Gasteiger partial charge is 0.226 e. The van der Waals surface area contributed by atoms with Gasteiger partial charge in [0.1, 0.15) is 0 Å². The van der Waals surface area contributed by atoms with Crippen LogP contribution in [0.5, 0.6) is 0 Å². The molecular formula is C19H17N3OS. The highest BCUT2D eigenvalue weighted by atomic mass is 32.1. The molecule has 4 rings (SSSR count). The molecule has 0 fully saturated rings. The van der Waals surface area contributed by atoms with E-state index in [-0.39, 0.29) is 11.9 Å². The standard InChI is InChI=1S/C19H17N3OS/c1-13(16-8-4-6-14-5-2-3-7-17(14)16)20-18(23)11-15-12-22-9-10-24-19(22)21-15/h2-10,12-13H,11H2,1H3,(H,20,23). The molecule has 0 aliphatic rings. The number of thiazole rings is 1. The molecule has 0 saturated carbocycles. The van der Waals surface area contributed by atoms with Crippen LogP contribution in [0.15, 0.2) is 60.2 Å². The lowest BCUT2D eigenvalue weighted by Crippen LogP contribution is -2.28. The van der Waals surface area contributed by atoms with Crippen molar-refractivity contribution >= 4 is 33.0 Å². The van der Waals surface area contributed by atoms with Crippen molar-refractivity contribution in [1.29, 1.82) is 0 Å². The highest BCUT2D eigenvalue weighted by molar-refractivity contribution is 7.15. The number of amides is 1. The van der Waals surface area contributed by atoms with Crippen LogP contribution in [0.4, 0.5) is 0 Å². The predicted molar refractivity (Wildman–Crippen MR) is 97.3 cm³/mol. The summed E-state index contributed by atoms with van der Waals surface area (Å²) in [7, 11) is 0. The normalized spacial score (nSPS) is 12.5. The Bertz CT molecular complexity index is 984. The fourth-order valence-corrected chi connectivity index (χ4v) is 3.74. The summed E-state index contributed by atoms with van der Waals surface area (Å²) in [6.45, 7) is 2.02. The van der Waals surface area contributed by atoms with Gasteiger partial charge in [0.25, 0.3) is 0 Å². The molecule has 24 heavy (non-hydrogen) atoms. The van der Waals surface area contributed by atoms with Crippen molar-refractivity contribution in [2.45, 2.75) is 19.4 Å². The first-order valence-corrected chi connectivity index (χ1v) is 8.77. The molecule has 1 unspecified atom stereocenters. The van der Waals surface area contributed by atoms with E-state index < -0.39 is 0 Å². The van der Waals surface area contributed by atoms with Gasteiger partial charge in [-0.25, -0.2) is 4.98 Å². The number of rotatable bonds is 4. The van der Waals surface area contributed by atoms with Crippen LogP contribution in [-0.4, -0.2) is 15.3 Å². The number of fused-ring (bicyclic) bond motifs is 2. The van der Waals surface area contributed by atoms with E-state index in [1.54, 1.807) is 11.3 Å².